The zero-order valence-corrected chi connectivity index (χ0v) is 18.2. The largest absolute Gasteiger partial charge is 0.339 e. The first kappa shape index (κ1) is 21.8. The average molecular weight is 445 g/mol. The van der Waals surface area contributed by atoms with Gasteiger partial charge in [-0.1, -0.05) is 70.7 Å². The van der Waals surface area contributed by atoms with Gasteiger partial charge >= 0.3 is 0 Å². The lowest BCUT2D eigenvalue weighted by molar-refractivity contribution is 0.0934. The van der Waals surface area contributed by atoms with Crippen molar-refractivity contribution in [1.29, 1.82) is 0 Å². The Morgan fingerprint density at radius 1 is 1.00 bits per heavy atom. The highest BCUT2D eigenvalue weighted by Gasteiger charge is 2.35. The fourth-order valence-corrected chi connectivity index (χ4v) is 3.03. The topological polar surface area (TPSA) is 53.2 Å². The number of rotatable bonds is 4. The van der Waals surface area contributed by atoms with E-state index in [1.807, 2.05) is 51.1 Å². The summed E-state index contributed by atoms with van der Waals surface area (Å²) in [7, 11) is 0. The zero-order valence-electron chi connectivity index (χ0n) is 15.1. The van der Waals surface area contributed by atoms with Crippen molar-refractivity contribution in [1.82, 2.24) is 10.6 Å². The van der Waals surface area contributed by atoms with E-state index in [2.05, 4.69) is 16.0 Å². The van der Waals surface area contributed by atoms with Crippen molar-refractivity contribution in [3.05, 3.63) is 64.7 Å². The van der Waals surface area contributed by atoms with Gasteiger partial charge in [0.2, 0.25) is 3.79 Å². The number of hydrogen-bond donors (Lipinski definition) is 3. The molecule has 1 amide bonds. The Bertz CT molecular complexity index is 852. The molecule has 0 unspecified atom stereocenters. The summed E-state index contributed by atoms with van der Waals surface area (Å²) in [5.74, 6) is -0.369. The van der Waals surface area contributed by atoms with Crippen LogP contribution in [0.3, 0.4) is 0 Å². The van der Waals surface area contributed by atoms with E-state index in [0.29, 0.717) is 5.56 Å². The molecule has 2 aromatic carbocycles. The standard InChI is InChI=1S/C19H20Cl3N3OS/c1-11-8-9-15(13(3)10-11)23-18(27)25-17(19(20,21)22)24-16(26)14-7-5-4-6-12(14)2/h4-10,17H,1-3H3,(H,24,26)(H2,23,25,27)/t17-/m1/s1. The van der Waals surface area contributed by atoms with Crippen molar-refractivity contribution < 1.29 is 4.79 Å². The molecule has 2 rings (SSSR count). The van der Waals surface area contributed by atoms with Gasteiger partial charge in [-0.3, -0.25) is 4.79 Å². The lowest BCUT2D eigenvalue weighted by Crippen LogP contribution is -2.56. The van der Waals surface area contributed by atoms with E-state index in [1.165, 1.54) is 0 Å². The van der Waals surface area contributed by atoms with Crippen LogP contribution in [0.5, 0.6) is 0 Å². The molecule has 27 heavy (non-hydrogen) atoms. The van der Waals surface area contributed by atoms with Gasteiger partial charge in [0.25, 0.3) is 5.91 Å². The fourth-order valence-electron chi connectivity index (χ4n) is 2.48. The molecule has 0 fully saturated rings. The number of alkyl halides is 3. The Balaban J connectivity index is 2.11. The summed E-state index contributed by atoms with van der Waals surface area (Å²) in [5.41, 5.74) is 4.29. The Labute approximate surface area is 179 Å². The molecule has 0 bridgehead atoms. The second-order valence-electron chi connectivity index (χ2n) is 6.18. The maximum atomic E-state index is 12.6. The van der Waals surface area contributed by atoms with E-state index in [4.69, 9.17) is 47.0 Å². The average Bonchev–Trinajstić information content (AvgIpc) is 2.56. The molecule has 0 saturated carbocycles. The highest BCUT2D eigenvalue weighted by molar-refractivity contribution is 7.80. The predicted octanol–water partition coefficient (Wildman–Crippen LogP) is 5.02. The summed E-state index contributed by atoms with van der Waals surface area (Å²) in [6.45, 7) is 5.80. The van der Waals surface area contributed by atoms with Crippen LogP contribution in [0.4, 0.5) is 5.69 Å². The lowest BCUT2D eigenvalue weighted by atomic mass is 10.1. The molecular formula is C19H20Cl3N3OS. The van der Waals surface area contributed by atoms with E-state index < -0.39 is 9.96 Å². The first-order valence-corrected chi connectivity index (χ1v) is 9.70. The van der Waals surface area contributed by atoms with Crippen molar-refractivity contribution in [2.45, 2.75) is 30.7 Å². The van der Waals surface area contributed by atoms with Crippen molar-refractivity contribution in [2.24, 2.45) is 0 Å². The molecular weight excluding hydrogens is 425 g/mol. The fraction of sp³-hybridized carbons (Fsp3) is 0.263. The van der Waals surface area contributed by atoms with Gasteiger partial charge < -0.3 is 16.0 Å². The third-order valence-corrected chi connectivity index (χ3v) is 4.77. The number of benzene rings is 2. The number of halogens is 3. The lowest BCUT2D eigenvalue weighted by Gasteiger charge is -2.28. The van der Waals surface area contributed by atoms with Gasteiger partial charge in [-0.15, -0.1) is 0 Å². The number of hydrogen-bond acceptors (Lipinski definition) is 2. The molecule has 4 nitrogen and oxygen atoms in total. The van der Waals surface area contributed by atoms with Gasteiger partial charge in [-0.2, -0.15) is 0 Å². The molecule has 144 valence electrons. The minimum atomic E-state index is -1.81. The van der Waals surface area contributed by atoms with E-state index in [-0.39, 0.29) is 11.0 Å². The van der Waals surface area contributed by atoms with Gasteiger partial charge in [0.1, 0.15) is 6.17 Å². The monoisotopic (exact) mass is 443 g/mol. The zero-order chi connectivity index (χ0) is 20.2. The van der Waals surface area contributed by atoms with Crippen LogP contribution in [-0.2, 0) is 0 Å². The van der Waals surface area contributed by atoms with Gasteiger partial charge in [-0.05, 0) is 56.2 Å². The van der Waals surface area contributed by atoms with Crippen molar-refractivity contribution in [2.75, 3.05) is 5.32 Å². The van der Waals surface area contributed by atoms with Crippen molar-refractivity contribution in [3.63, 3.8) is 0 Å². The molecule has 3 N–H and O–H groups in total. The van der Waals surface area contributed by atoms with Crippen LogP contribution in [-0.4, -0.2) is 21.0 Å². The Morgan fingerprint density at radius 2 is 1.67 bits per heavy atom. The Hall–Kier alpha value is -1.53. The number of carbonyl (C=O) groups excluding carboxylic acids is 1. The predicted molar refractivity (Wildman–Crippen MR) is 118 cm³/mol. The number of thiocarbonyl (C=S) groups is 1. The molecule has 0 aliphatic carbocycles. The van der Waals surface area contributed by atoms with Gasteiger partial charge in [0.05, 0.1) is 0 Å². The molecule has 2 aromatic rings. The number of amides is 1. The summed E-state index contributed by atoms with van der Waals surface area (Å²) in [6, 6.07) is 13.0. The van der Waals surface area contributed by atoms with Crippen LogP contribution in [0.25, 0.3) is 0 Å². The van der Waals surface area contributed by atoms with Crippen LogP contribution >= 0.6 is 47.0 Å². The summed E-state index contributed by atoms with van der Waals surface area (Å²) in [4.78, 5) is 12.6. The van der Waals surface area contributed by atoms with Crippen LogP contribution in [0, 0.1) is 20.8 Å². The quantitative estimate of drug-likeness (QED) is 0.352. The van der Waals surface area contributed by atoms with Crippen molar-refractivity contribution in [3.8, 4) is 0 Å². The second-order valence-corrected chi connectivity index (χ2v) is 8.96. The summed E-state index contributed by atoms with van der Waals surface area (Å²) >= 11 is 23.4. The van der Waals surface area contributed by atoms with E-state index in [0.717, 1.165) is 22.4 Å². The van der Waals surface area contributed by atoms with Crippen LogP contribution in [0.2, 0.25) is 0 Å². The molecule has 1 atom stereocenters. The van der Waals surface area contributed by atoms with Crippen LogP contribution in [0.15, 0.2) is 42.5 Å². The number of anilines is 1. The molecule has 8 heteroatoms. The maximum absolute atomic E-state index is 12.6. The molecule has 0 heterocycles. The van der Waals surface area contributed by atoms with Crippen LogP contribution < -0.4 is 16.0 Å². The van der Waals surface area contributed by atoms with E-state index >= 15 is 0 Å². The SMILES string of the molecule is Cc1ccc(NC(=S)N[C@@H](NC(=O)c2ccccc2C)C(Cl)(Cl)Cl)c(C)c1. The van der Waals surface area contributed by atoms with Crippen molar-refractivity contribution >= 4 is 63.7 Å². The number of carbonyl (C=O) groups is 1. The molecule has 0 radical (unpaired) electrons. The highest BCUT2D eigenvalue weighted by Crippen LogP contribution is 2.29. The van der Waals surface area contributed by atoms with Gasteiger partial charge in [0, 0.05) is 11.3 Å². The molecule has 0 aromatic heterocycles. The van der Waals surface area contributed by atoms with Crippen LogP contribution in [0.1, 0.15) is 27.0 Å². The smallest absolute Gasteiger partial charge is 0.253 e. The summed E-state index contributed by atoms with van der Waals surface area (Å²) in [5, 5.41) is 8.82. The summed E-state index contributed by atoms with van der Waals surface area (Å²) in [6.07, 6.45) is -1.03. The number of aryl methyl sites for hydroxylation is 3. The highest BCUT2D eigenvalue weighted by atomic mass is 35.6. The Kier molecular flexibility index (Phi) is 7.34. The van der Waals surface area contributed by atoms with Gasteiger partial charge in [-0.25, -0.2) is 0 Å². The van der Waals surface area contributed by atoms with E-state index in [9.17, 15) is 4.79 Å². The first-order valence-electron chi connectivity index (χ1n) is 8.16. The minimum absolute atomic E-state index is 0.225. The summed E-state index contributed by atoms with van der Waals surface area (Å²) < 4.78 is -1.81. The second kappa shape index (κ2) is 9.11. The minimum Gasteiger partial charge on any atom is -0.339 e. The maximum Gasteiger partial charge on any atom is 0.253 e. The normalized spacial score (nSPS) is 12.2. The van der Waals surface area contributed by atoms with E-state index in [1.54, 1.807) is 12.1 Å². The van der Waals surface area contributed by atoms with Gasteiger partial charge in [0.15, 0.2) is 5.11 Å². The first-order chi connectivity index (χ1) is 12.6. The molecule has 0 saturated heterocycles. The Morgan fingerprint density at radius 3 is 2.26 bits per heavy atom. The molecule has 0 aliphatic heterocycles. The molecule has 0 spiro atoms. The molecule has 0 aliphatic rings. The third kappa shape index (κ3) is 6.25. The third-order valence-electron chi connectivity index (χ3n) is 3.90. The number of nitrogens with one attached hydrogen (secondary N) is 3.